The average Bonchev–Trinajstić information content (AvgIpc) is 3.16. The molecule has 1 amide bonds. The summed E-state index contributed by atoms with van der Waals surface area (Å²) >= 11 is 0. The maximum atomic E-state index is 11.3. The number of nitriles is 1. The molecule has 142 valence electrons. The molecule has 0 fully saturated rings. The SMILES string of the molecule is CC(=O)N[C@@H](C)c1ccc2c(c1)ncn2-c1cccc(-c2ccccc2C#N)c1. The topological polar surface area (TPSA) is 70.7 Å². The molecule has 0 saturated carbocycles. The molecule has 1 heterocycles. The second-order valence-electron chi connectivity index (χ2n) is 6.99. The van der Waals surface area contributed by atoms with Crippen LogP contribution in [0.25, 0.3) is 27.8 Å². The van der Waals surface area contributed by atoms with Gasteiger partial charge in [-0.05, 0) is 53.9 Å². The van der Waals surface area contributed by atoms with E-state index in [0.717, 1.165) is 33.4 Å². The lowest BCUT2D eigenvalue weighted by atomic mass is 10.00. The minimum Gasteiger partial charge on any atom is -0.350 e. The lowest BCUT2D eigenvalue weighted by molar-refractivity contribution is -0.119. The number of carbonyl (C=O) groups is 1. The highest BCUT2D eigenvalue weighted by molar-refractivity contribution is 5.80. The molecule has 3 aromatic carbocycles. The van der Waals surface area contributed by atoms with E-state index in [1.54, 1.807) is 6.33 Å². The Kier molecular flexibility index (Phi) is 4.84. The van der Waals surface area contributed by atoms with Gasteiger partial charge < -0.3 is 5.32 Å². The zero-order valence-electron chi connectivity index (χ0n) is 16.3. The number of nitrogens with one attached hydrogen (secondary N) is 1. The van der Waals surface area contributed by atoms with Crippen LogP contribution >= 0.6 is 0 Å². The molecule has 1 aromatic heterocycles. The summed E-state index contributed by atoms with van der Waals surface area (Å²) in [5.74, 6) is -0.0578. The third-order valence-electron chi connectivity index (χ3n) is 4.97. The van der Waals surface area contributed by atoms with E-state index in [9.17, 15) is 10.1 Å². The van der Waals surface area contributed by atoms with E-state index in [2.05, 4.69) is 22.4 Å². The van der Waals surface area contributed by atoms with Crippen LogP contribution in [0.1, 0.15) is 31.0 Å². The standard InChI is InChI=1S/C24H20N4O/c1-16(27-17(2)29)18-10-11-24-23(13-18)26-15-28(24)21-8-5-7-19(12-21)22-9-4-3-6-20(22)14-25/h3-13,15-16H,1-2H3,(H,27,29)/t16-/m0/s1. The van der Waals surface area contributed by atoms with Gasteiger partial charge in [-0.15, -0.1) is 0 Å². The van der Waals surface area contributed by atoms with Crippen molar-refractivity contribution in [2.75, 3.05) is 0 Å². The Bertz CT molecular complexity index is 1250. The zero-order chi connectivity index (χ0) is 20.4. The number of imidazole rings is 1. The second-order valence-corrected chi connectivity index (χ2v) is 6.99. The number of benzene rings is 3. The Hall–Kier alpha value is -3.91. The number of hydrogen-bond donors (Lipinski definition) is 1. The Balaban J connectivity index is 1.74. The Morgan fingerprint density at radius 3 is 2.72 bits per heavy atom. The predicted molar refractivity (Wildman–Crippen MR) is 113 cm³/mol. The van der Waals surface area contributed by atoms with Crippen molar-refractivity contribution in [2.45, 2.75) is 19.9 Å². The first-order valence-electron chi connectivity index (χ1n) is 9.41. The molecule has 0 aliphatic heterocycles. The van der Waals surface area contributed by atoms with Crippen LogP contribution in [0.5, 0.6) is 0 Å². The number of amides is 1. The normalized spacial score (nSPS) is 11.8. The van der Waals surface area contributed by atoms with Crippen molar-refractivity contribution in [3.8, 4) is 22.9 Å². The second kappa shape index (κ2) is 7.61. The first-order chi connectivity index (χ1) is 14.1. The van der Waals surface area contributed by atoms with Gasteiger partial charge in [-0.2, -0.15) is 5.26 Å². The molecule has 29 heavy (non-hydrogen) atoms. The maximum absolute atomic E-state index is 11.3. The van der Waals surface area contributed by atoms with Crippen molar-refractivity contribution < 1.29 is 4.79 Å². The van der Waals surface area contributed by atoms with E-state index in [4.69, 9.17) is 0 Å². The highest BCUT2D eigenvalue weighted by Gasteiger charge is 2.11. The highest BCUT2D eigenvalue weighted by atomic mass is 16.1. The monoisotopic (exact) mass is 380 g/mol. The van der Waals surface area contributed by atoms with Crippen LogP contribution in [0.4, 0.5) is 0 Å². The Morgan fingerprint density at radius 2 is 1.93 bits per heavy atom. The summed E-state index contributed by atoms with van der Waals surface area (Å²) in [4.78, 5) is 15.9. The smallest absolute Gasteiger partial charge is 0.217 e. The van der Waals surface area contributed by atoms with Crippen LogP contribution < -0.4 is 5.32 Å². The molecule has 5 heteroatoms. The fourth-order valence-electron chi connectivity index (χ4n) is 3.55. The first-order valence-corrected chi connectivity index (χ1v) is 9.41. The predicted octanol–water partition coefficient (Wildman–Crippen LogP) is 4.76. The molecule has 5 nitrogen and oxygen atoms in total. The number of fused-ring (bicyclic) bond motifs is 1. The summed E-state index contributed by atoms with van der Waals surface area (Å²) < 4.78 is 2.03. The lowest BCUT2D eigenvalue weighted by Gasteiger charge is -2.13. The minimum absolute atomic E-state index is 0.0578. The molecule has 1 atom stereocenters. The van der Waals surface area contributed by atoms with E-state index in [1.165, 1.54) is 6.92 Å². The zero-order valence-corrected chi connectivity index (χ0v) is 16.3. The summed E-state index contributed by atoms with van der Waals surface area (Å²) in [5.41, 5.74) is 6.37. The molecule has 4 rings (SSSR count). The number of nitrogens with zero attached hydrogens (tertiary/aromatic N) is 3. The van der Waals surface area contributed by atoms with Crippen LogP contribution in [0.15, 0.2) is 73.1 Å². The van der Waals surface area contributed by atoms with Gasteiger partial charge in [0.05, 0.1) is 28.7 Å². The van der Waals surface area contributed by atoms with Gasteiger partial charge in [-0.3, -0.25) is 9.36 Å². The molecule has 0 bridgehead atoms. The van der Waals surface area contributed by atoms with Gasteiger partial charge in [0, 0.05) is 12.6 Å². The van der Waals surface area contributed by atoms with Crippen LogP contribution in [-0.2, 0) is 4.79 Å². The fourth-order valence-corrected chi connectivity index (χ4v) is 3.55. The van der Waals surface area contributed by atoms with Gasteiger partial charge in [0.25, 0.3) is 0 Å². The summed E-state index contributed by atoms with van der Waals surface area (Å²) in [6.45, 7) is 3.47. The number of carbonyl (C=O) groups excluding carboxylic acids is 1. The van der Waals surface area contributed by atoms with E-state index in [1.807, 2.05) is 72.2 Å². The number of hydrogen-bond acceptors (Lipinski definition) is 3. The van der Waals surface area contributed by atoms with Gasteiger partial charge >= 0.3 is 0 Å². The number of aromatic nitrogens is 2. The fraction of sp³-hybridized carbons (Fsp3) is 0.125. The summed E-state index contributed by atoms with van der Waals surface area (Å²) in [5, 5.41) is 12.3. The van der Waals surface area contributed by atoms with Crippen LogP contribution in [-0.4, -0.2) is 15.5 Å². The van der Waals surface area contributed by atoms with Gasteiger partial charge in [0.15, 0.2) is 0 Å². The van der Waals surface area contributed by atoms with E-state index in [0.29, 0.717) is 5.56 Å². The van der Waals surface area contributed by atoms with Gasteiger partial charge in [-0.1, -0.05) is 36.4 Å². The van der Waals surface area contributed by atoms with Crippen molar-refractivity contribution in [3.63, 3.8) is 0 Å². The largest absolute Gasteiger partial charge is 0.350 e. The van der Waals surface area contributed by atoms with Gasteiger partial charge in [-0.25, -0.2) is 4.98 Å². The molecule has 0 saturated heterocycles. The molecule has 0 aliphatic carbocycles. The van der Waals surface area contributed by atoms with Crippen LogP contribution in [0.3, 0.4) is 0 Å². The third kappa shape index (κ3) is 3.61. The average molecular weight is 380 g/mol. The lowest BCUT2D eigenvalue weighted by Crippen LogP contribution is -2.23. The molecule has 0 aliphatic rings. The first kappa shape index (κ1) is 18.5. The number of rotatable bonds is 4. The molecular formula is C24H20N4O. The molecule has 0 spiro atoms. The molecule has 4 aromatic rings. The Morgan fingerprint density at radius 1 is 1.10 bits per heavy atom. The third-order valence-corrected chi connectivity index (χ3v) is 4.97. The molecule has 1 N–H and O–H groups in total. The molecular weight excluding hydrogens is 360 g/mol. The van der Waals surface area contributed by atoms with E-state index < -0.39 is 0 Å². The van der Waals surface area contributed by atoms with E-state index in [-0.39, 0.29) is 11.9 Å². The van der Waals surface area contributed by atoms with Crippen molar-refractivity contribution in [1.82, 2.24) is 14.9 Å². The molecule has 0 radical (unpaired) electrons. The quantitative estimate of drug-likeness (QED) is 0.555. The van der Waals surface area contributed by atoms with E-state index >= 15 is 0 Å². The summed E-state index contributed by atoms with van der Waals surface area (Å²) in [7, 11) is 0. The van der Waals surface area contributed by atoms with Gasteiger partial charge in [0.2, 0.25) is 5.91 Å². The van der Waals surface area contributed by atoms with Crippen molar-refractivity contribution >= 4 is 16.9 Å². The van der Waals surface area contributed by atoms with Crippen molar-refractivity contribution in [2.24, 2.45) is 0 Å². The minimum atomic E-state index is -0.0761. The van der Waals surface area contributed by atoms with Gasteiger partial charge in [0.1, 0.15) is 6.33 Å². The highest BCUT2D eigenvalue weighted by Crippen LogP contribution is 2.27. The Labute approximate surface area is 169 Å². The van der Waals surface area contributed by atoms with Crippen molar-refractivity contribution in [1.29, 1.82) is 5.26 Å². The molecule has 0 unspecified atom stereocenters. The van der Waals surface area contributed by atoms with Crippen molar-refractivity contribution in [3.05, 3.63) is 84.2 Å². The van der Waals surface area contributed by atoms with Crippen LogP contribution in [0, 0.1) is 11.3 Å². The van der Waals surface area contributed by atoms with Crippen LogP contribution in [0.2, 0.25) is 0 Å². The summed E-state index contributed by atoms with van der Waals surface area (Å²) in [6.07, 6.45) is 1.80. The summed E-state index contributed by atoms with van der Waals surface area (Å²) in [6, 6.07) is 23.9. The maximum Gasteiger partial charge on any atom is 0.217 e.